The van der Waals surface area contributed by atoms with Gasteiger partial charge in [0.05, 0.1) is 17.6 Å². The highest BCUT2D eigenvalue weighted by molar-refractivity contribution is 7.92. The zero-order chi connectivity index (χ0) is 18.4. The van der Waals surface area contributed by atoms with Crippen molar-refractivity contribution in [2.24, 2.45) is 5.92 Å². The first-order valence-electron chi connectivity index (χ1n) is 9.31. The zero-order valence-electron chi connectivity index (χ0n) is 15.3. The van der Waals surface area contributed by atoms with Gasteiger partial charge in [0.15, 0.2) is 0 Å². The molecule has 2 aromatic rings. The van der Waals surface area contributed by atoms with Crippen LogP contribution < -0.4 is 9.62 Å². The minimum Gasteiger partial charge on any atom is -0.357 e. The SMILES string of the molecule is CCCS(=O)(=O)Nc1ccc(N2CCC(Cc3ccccc3)CC2)nc1. The Morgan fingerprint density at radius 1 is 1.12 bits per heavy atom. The molecule has 1 aliphatic rings. The first kappa shape index (κ1) is 18.7. The molecule has 0 saturated carbocycles. The summed E-state index contributed by atoms with van der Waals surface area (Å²) in [6, 6.07) is 14.4. The van der Waals surface area contributed by atoms with Crippen LogP contribution in [0.2, 0.25) is 0 Å². The van der Waals surface area contributed by atoms with Crippen molar-refractivity contribution in [2.75, 3.05) is 28.5 Å². The molecule has 0 bridgehead atoms. The number of hydrogen-bond donors (Lipinski definition) is 1. The lowest BCUT2D eigenvalue weighted by Crippen LogP contribution is -2.34. The summed E-state index contributed by atoms with van der Waals surface area (Å²) in [6.07, 6.45) is 5.65. The quantitative estimate of drug-likeness (QED) is 0.804. The third kappa shape index (κ3) is 5.21. The fraction of sp³-hybridized carbons (Fsp3) is 0.450. The molecule has 6 heteroatoms. The molecule has 0 aliphatic carbocycles. The fourth-order valence-electron chi connectivity index (χ4n) is 3.45. The Morgan fingerprint density at radius 2 is 1.85 bits per heavy atom. The van der Waals surface area contributed by atoms with E-state index < -0.39 is 10.0 Å². The van der Waals surface area contributed by atoms with E-state index in [0.717, 1.165) is 38.2 Å². The lowest BCUT2D eigenvalue weighted by atomic mass is 9.90. The lowest BCUT2D eigenvalue weighted by molar-refractivity contribution is 0.402. The molecule has 26 heavy (non-hydrogen) atoms. The van der Waals surface area contributed by atoms with Gasteiger partial charge in [0.2, 0.25) is 10.0 Å². The minimum atomic E-state index is -3.26. The maximum absolute atomic E-state index is 11.8. The van der Waals surface area contributed by atoms with Gasteiger partial charge in [-0.3, -0.25) is 4.72 Å². The van der Waals surface area contributed by atoms with Gasteiger partial charge in [-0.05, 0) is 49.3 Å². The van der Waals surface area contributed by atoms with Crippen molar-refractivity contribution in [1.29, 1.82) is 0 Å². The van der Waals surface area contributed by atoms with Crippen LogP contribution >= 0.6 is 0 Å². The molecule has 2 heterocycles. The van der Waals surface area contributed by atoms with Crippen LogP contribution in [-0.4, -0.2) is 32.2 Å². The molecule has 140 valence electrons. The summed E-state index contributed by atoms with van der Waals surface area (Å²) in [6.45, 7) is 3.83. The number of nitrogens with zero attached hydrogens (tertiary/aromatic N) is 2. The van der Waals surface area contributed by atoms with E-state index in [9.17, 15) is 8.42 Å². The Balaban J connectivity index is 1.53. The summed E-state index contributed by atoms with van der Waals surface area (Å²) in [4.78, 5) is 6.74. The van der Waals surface area contributed by atoms with Crippen LogP contribution in [0.3, 0.4) is 0 Å². The van der Waals surface area contributed by atoms with Crippen LogP contribution in [0, 0.1) is 5.92 Å². The number of pyridine rings is 1. The average molecular weight is 374 g/mol. The average Bonchev–Trinajstić information content (AvgIpc) is 2.63. The molecule has 0 radical (unpaired) electrons. The van der Waals surface area contributed by atoms with Crippen LogP contribution in [0.25, 0.3) is 0 Å². The van der Waals surface area contributed by atoms with Gasteiger partial charge in [0, 0.05) is 13.1 Å². The molecule has 1 aromatic heterocycles. The summed E-state index contributed by atoms with van der Waals surface area (Å²) >= 11 is 0. The van der Waals surface area contributed by atoms with Gasteiger partial charge in [0.1, 0.15) is 5.82 Å². The predicted molar refractivity (Wildman–Crippen MR) is 107 cm³/mol. The zero-order valence-corrected chi connectivity index (χ0v) is 16.1. The lowest BCUT2D eigenvalue weighted by Gasteiger charge is -2.33. The molecular weight excluding hydrogens is 346 g/mol. The summed E-state index contributed by atoms with van der Waals surface area (Å²) < 4.78 is 26.2. The molecule has 1 aromatic carbocycles. The normalized spacial score (nSPS) is 15.8. The number of sulfonamides is 1. The number of rotatable bonds is 7. The van der Waals surface area contributed by atoms with Gasteiger partial charge < -0.3 is 4.90 Å². The Kier molecular flexibility index (Phi) is 6.14. The topological polar surface area (TPSA) is 62.3 Å². The van der Waals surface area contributed by atoms with E-state index in [0.29, 0.717) is 18.0 Å². The van der Waals surface area contributed by atoms with Crippen LogP contribution in [0.4, 0.5) is 11.5 Å². The van der Waals surface area contributed by atoms with E-state index in [4.69, 9.17) is 0 Å². The summed E-state index contributed by atoms with van der Waals surface area (Å²) in [5.74, 6) is 1.76. The van der Waals surface area contributed by atoms with Crippen LogP contribution in [0.15, 0.2) is 48.7 Å². The summed E-state index contributed by atoms with van der Waals surface area (Å²) in [5, 5.41) is 0. The second-order valence-corrected chi connectivity index (χ2v) is 8.79. The summed E-state index contributed by atoms with van der Waals surface area (Å²) in [7, 11) is -3.26. The largest absolute Gasteiger partial charge is 0.357 e. The van der Waals surface area contributed by atoms with Gasteiger partial charge in [-0.15, -0.1) is 0 Å². The van der Waals surface area contributed by atoms with Gasteiger partial charge in [-0.25, -0.2) is 13.4 Å². The van der Waals surface area contributed by atoms with Crippen molar-refractivity contribution in [2.45, 2.75) is 32.6 Å². The Bertz CT molecular complexity index is 784. The second kappa shape index (κ2) is 8.54. The van der Waals surface area contributed by atoms with Crippen molar-refractivity contribution in [1.82, 2.24) is 4.98 Å². The number of benzene rings is 1. The van der Waals surface area contributed by atoms with E-state index in [-0.39, 0.29) is 5.75 Å². The molecule has 1 fully saturated rings. The van der Waals surface area contributed by atoms with Crippen molar-refractivity contribution < 1.29 is 8.42 Å². The molecule has 1 N–H and O–H groups in total. The van der Waals surface area contributed by atoms with Gasteiger partial charge >= 0.3 is 0 Å². The smallest absolute Gasteiger partial charge is 0.232 e. The van der Waals surface area contributed by atoms with Crippen molar-refractivity contribution in [3.05, 3.63) is 54.2 Å². The third-order valence-electron chi connectivity index (χ3n) is 4.80. The molecule has 1 aliphatic heterocycles. The van der Waals surface area contributed by atoms with Crippen LogP contribution in [0.5, 0.6) is 0 Å². The van der Waals surface area contributed by atoms with Crippen LogP contribution in [-0.2, 0) is 16.4 Å². The van der Waals surface area contributed by atoms with Crippen molar-refractivity contribution in [3.63, 3.8) is 0 Å². The molecule has 0 amide bonds. The predicted octanol–water partition coefficient (Wildman–Crippen LogP) is 3.69. The standard InChI is InChI=1S/C20H27N3O2S/c1-2-14-26(24,25)22-19-8-9-20(21-16-19)23-12-10-18(11-13-23)15-17-6-4-3-5-7-17/h3-9,16,18,22H,2,10-15H2,1H3. The van der Waals surface area contributed by atoms with Crippen molar-refractivity contribution >= 4 is 21.5 Å². The van der Waals surface area contributed by atoms with Crippen LogP contribution in [0.1, 0.15) is 31.7 Å². The first-order chi connectivity index (χ1) is 12.6. The van der Waals surface area contributed by atoms with E-state index in [1.54, 1.807) is 12.3 Å². The van der Waals surface area contributed by atoms with Gasteiger partial charge in [-0.2, -0.15) is 0 Å². The highest BCUT2D eigenvalue weighted by Crippen LogP contribution is 2.25. The third-order valence-corrected chi connectivity index (χ3v) is 6.29. The van der Waals surface area contributed by atoms with E-state index in [1.165, 1.54) is 5.56 Å². The Labute approximate surface area is 156 Å². The Morgan fingerprint density at radius 3 is 2.46 bits per heavy atom. The Hall–Kier alpha value is -2.08. The molecular formula is C20H27N3O2S. The number of aromatic nitrogens is 1. The maximum atomic E-state index is 11.8. The van der Waals surface area contributed by atoms with Gasteiger partial charge in [-0.1, -0.05) is 37.3 Å². The molecule has 5 nitrogen and oxygen atoms in total. The highest BCUT2D eigenvalue weighted by Gasteiger charge is 2.20. The molecule has 0 unspecified atom stereocenters. The fourth-order valence-corrected chi connectivity index (χ4v) is 4.57. The number of hydrogen-bond acceptors (Lipinski definition) is 4. The molecule has 0 spiro atoms. The van der Waals surface area contributed by atoms with Gasteiger partial charge in [0.25, 0.3) is 0 Å². The monoisotopic (exact) mass is 373 g/mol. The van der Waals surface area contributed by atoms with E-state index >= 15 is 0 Å². The number of anilines is 2. The van der Waals surface area contributed by atoms with Crippen molar-refractivity contribution in [3.8, 4) is 0 Å². The highest BCUT2D eigenvalue weighted by atomic mass is 32.2. The summed E-state index contributed by atoms with van der Waals surface area (Å²) in [5.41, 5.74) is 1.94. The minimum absolute atomic E-state index is 0.129. The number of nitrogens with one attached hydrogen (secondary N) is 1. The maximum Gasteiger partial charge on any atom is 0.232 e. The number of piperidine rings is 1. The van der Waals surface area contributed by atoms with E-state index in [1.807, 2.05) is 13.0 Å². The van der Waals surface area contributed by atoms with E-state index in [2.05, 4.69) is 44.9 Å². The molecule has 3 rings (SSSR count). The first-order valence-corrected chi connectivity index (χ1v) is 11.0. The molecule has 1 saturated heterocycles. The second-order valence-electron chi connectivity index (χ2n) is 6.95. The molecule has 0 atom stereocenters.